The molecule has 0 saturated carbocycles. The number of hydrogen-bond donors (Lipinski definition) is 1. The number of carbonyl (C=O) groups is 1. The van der Waals surface area contributed by atoms with Gasteiger partial charge in [-0.25, -0.2) is 0 Å². The van der Waals surface area contributed by atoms with E-state index in [-0.39, 0.29) is 5.91 Å². The minimum absolute atomic E-state index is 0.196. The molecule has 1 amide bonds. The van der Waals surface area contributed by atoms with Crippen molar-refractivity contribution in [1.29, 1.82) is 0 Å². The molecule has 31 heavy (non-hydrogen) atoms. The van der Waals surface area contributed by atoms with Crippen molar-refractivity contribution in [1.82, 2.24) is 0 Å². The molecule has 2 atom stereocenters. The zero-order chi connectivity index (χ0) is 21.5. The van der Waals surface area contributed by atoms with Gasteiger partial charge in [-0.05, 0) is 24.0 Å². The van der Waals surface area contributed by atoms with Crippen LogP contribution in [0.2, 0.25) is 0 Å². The highest BCUT2D eigenvalue weighted by molar-refractivity contribution is 5.75. The molecule has 3 nitrogen and oxygen atoms in total. The average molecular weight is 414 g/mol. The Balaban J connectivity index is 1.67. The summed E-state index contributed by atoms with van der Waals surface area (Å²) in [7, 11) is 0. The second-order valence-corrected chi connectivity index (χ2v) is 8.88. The largest absolute Gasteiger partial charge is 0.365 e. The van der Waals surface area contributed by atoms with Gasteiger partial charge in [-0.15, -0.1) is 0 Å². The number of amides is 1. The van der Waals surface area contributed by atoms with Crippen LogP contribution in [0.1, 0.15) is 54.3 Å². The predicted molar refractivity (Wildman–Crippen MR) is 126 cm³/mol. The average Bonchev–Trinajstić information content (AvgIpc) is 2.81. The Morgan fingerprint density at radius 2 is 1.39 bits per heavy atom. The summed E-state index contributed by atoms with van der Waals surface area (Å²) in [6.45, 7) is 2.37. The molecule has 0 spiro atoms. The Kier molecular flexibility index (Phi) is 6.83. The number of rotatable bonds is 8. The lowest BCUT2D eigenvalue weighted by Crippen LogP contribution is -2.57. The number of nitrogens with zero attached hydrogens (tertiary/aromatic N) is 1. The zero-order valence-corrected chi connectivity index (χ0v) is 18.2. The van der Waals surface area contributed by atoms with Crippen molar-refractivity contribution in [3.8, 4) is 0 Å². The first-order chi connectivity index (χ1) is 15.2. The van der Waals surface area contributed by atoms with E-state index in [0.29, 0.717) is 18.5 Å². The van der Waals surface area contributed by atoms with Crippen LogP contribution in [0.3, 0.4) is 0 Å². The molecule has 3 aromatic rings. The van der Waals surface area contributed by atoms with Crippen molar-refractivity contribution in [3.63, 3.8) is 0 Å². The normalized spacial score (nSPS) is 21.1. The second kappa shape index (κ2) is 9.93. The number of carbonyl (C=O) groups excluding carboxylic acids is 1. The van der Waals surface area contributed by atoms with Gasteiger partial charge in [-0.3, -0.25) is 4.79 Å². The highest BCUT2D eigenvalue weighted by atomic mass is 16.1. The monoisotopic (exact) mass is 413 g/mol. The Bertz CT molecular complexity index is 919. The summed E-state index contributed by atoms with van der Waals surface area (Å²) >= 11 is 0. The van der Waals surface area contributed by atoms with Crippen molar-refractivity contribution in [2.75, 3.05) is 19.6 Å². The number of primary amides is 1. The molecule has 0 radical (unpaired) electrons. The fourth-order valence-electron chi connectivity index (χ4n) is 5.48. The quantitative estimate of drug-likeness (QED) is 0.491. The highest BCUT2D eigenvalue weighted by Crippen LogP contribution is 2.40. The van der Waals surface area contributed by atoms with Gasteiger partial charge in [0.25, 0.3) is 5.91 Å². The van der Waals surface area contributed by atoms with Crippen LogP contribution in [0, 0.1) is 0 Å². The van der Waals surface area contributed by atoms with E-state index in [1.54, 1.807) is 0 Å². The molecule has 4 rings (SSSR count). The van der Waals surface area contributed by atoms with Gasteiger partial charge in [0.2, 0.25) is 0 Å². The number of quaternary nitrogens is 1. The standard InChI is InChI=1S/C28H32N2O/c29-28(31)22-30(20-11-10-18-27(30)25-16-8-3-9-17-25)21-19-26(23-12-4-1-5-13-23)24-14-6-2-7-15-24/h1-9,12-17,26-27H,10-11,18-22H2,(H-,29,31)/p+1. The fraction of sp³-hybridized carbons (Fsp3) is 0.321. The van der Waals surface area contributed by atoms with Gasteiger partial charge in [0.05, 0.1) is 13.1 Å². The summed E-state index contributed by atoms with van der Waals surface area (Å²) in [5.74, 6) is 0.113. The first kappa shape index (κ1) is 21.3. The van der Waals surface area contributed by atoms with Gasteiger partial charge >= 0.3 is 0 Å². The number of likely N-dealkylation sites (tertiary alicyclic amines) is 1. The van der Waals surface area contributed by atoms with E-state index in [1.807, 2.05) is 0 Å². The lowest BCUT2D eigenvalue weighted by Gasteiger charge is -2.48. The van der Waals surface area contributed by atoms with Gasteiger partial charge in [0.15, 0.2) is 6.54 Å². The number of benzene rings is 3. The van der Waals surface area contributed by atoms with E-state index in [4.69, 9.17) is 5.73 Å². The summed E-state index contributed by atoms with van der Waals surface area (Å²) in [5.41, 5.74) is 9.82. The molecule has 2 N–H and O–H groups in total. The summed E-state index contributed by atoms with van der Waals surface area (Å²) in [4.78, 5) is 12.2. The number of hydrogen-bond acceptors (Lipinski definition) is 1. The molecule has 0 bridgehead atoms. The summed E-state index contributed by atoms with van der Waals surface area (Å²) < 4.78 is 0.773. The molecule has 1 saturated heterocycles. The Hall–Kier alpha value is -2.91. The van der Waals surface area contributed by atoms with Crippen molar-refractivity contribution < 1.29 is 9.28 Å². The van der Waals surface area contributed by atoms with Crippen LogP contribution in [-0.4, -0.2) is 30.0 Å². The van der Waals surface area contributed by atoms with Gasteiger partial charge in [0.1, 0.15) is 6.04 Å². The van der Waals surface area contributed by atoms with Crippen LogP contribution in [0.15, 0.2) is 91.0 Å². The lowest BCUT2D eigenvalue weighted by molar-refractivity contribution is -0.955. The van der Waals surface area contributed by atoms with Crippen molar-refractivity contribution in [2.24, 2.45) is 5.73 Å². The smallest absolute Gasteiger partial charge is 0.272 e. The molecule has 0 aromatic heterocycles. The molecule has 1 heterocycles. The maximum Gasteiger partial charge on any atom is 0.272 e. The molecule has 0 aliphatic carbocycles. The third kappa shape index (κ3) is 5.05. The van der Waals surface area contributed by atoms with E-state index in [9.17, 15) is 4.79 Å². The van der Waals surface area contributed by atoms with E-state index < -0.39 is 0 Å². The third-order valence-corrected chi connectivity index (χ3v) is 6.91. The first-order valence-corrected chi connectivity index (χ1v) is 11.5. The number of piperidine rings is 1. The molecule has 1 aliphatic rings. The lowest BCUT2D eigenvalue weighted by atomic mass is 9.86. The minimum Gasteiger partial charge on any atom is -0.365 e. The Labute approximate surface area is 186 Å². The van der Waals surface area contributed by atoms with Gasteiger partial charge in [0, 0.05) is 24.3 Å². The molecular formula is C28H33N2O+. The number of nitrogens with two attached hydrogens (primary N) is 1. The molecule has 160 valence electrons. The van der Waals surface area contributed by atoms with Crippen LogP contribution in [0.25, 0.3) is 0 Å². The van der Waals surface area contributed by atoms with Gasteiger partial charge < -0.3 is 10.2 Å². The highest BCUT2D eigenvalue weighted by Gasteiger charge is 2.41. The minimum atomic E-state index is -0.196. The van der Waals surface area contributed by atoms with Crippen LogP contribution < -0.4 is 5.73 Å². The van der Waals surface area contributed by atoms with E-state index in [1.165, 1.54) is 23.1 Å². The molecule has 3 heteroatoms. The molecular weight excluding hydrogens is 380 g/mol. The maximum absolute atomic E-state index is 12.2. The van der Waals surface area contributed by atoms with Crippen molar-refractivity contribution in [2.45, 2.75) is 37.6 Å². The van der Waals surface area contributed by atoms with E-state index >= 15 is 0 Å². The zero-order valence-electron chi connectivity index (χ0n) is 18.2. The first-order valence-electron chi connectivity index (χ1n) is 11.5. The van der Waals surface area contributed by atoms with Crippen molar-refractivity contribution >= 4 is 5.91 Å². The summed E-state index contributed by atoms with van der Waals surface area (Å²) in [6.07, 6.45) is 4.46. The second-order valence-electron chi connectivity index (χ2n) is 8.88. The third-order valence-electron chi connectivity index (χ3n) is 6.91. The van der Waals surface area contributed by atoms with Gasteiger partial charge in [-0.2, -0.15) is 0 Å². The van der Waals surface area contributed by atoms with Crippen LogP contribution in [0.4, 0.5) is 0 Å². The van der Waals surface area contributed by atoms with Crippen LogP contribution in [-0.2, 0) is 4.79 Å². The Morgan fingerprint density at radius 3 is 1.94 bits per heavy atom. The molecule has 1 fully saturated rings. The predicted octanol–water partition coefficient (Wildman–Crippen LogP) is 5.44. The maximum atomic E-state index is 12.2. The van der Waals surface area contributed by atoms with Crippen molar-refractivity contribution in [3.05, 3.63) is 108 Å². The molecule has 2 unspecified atom stereocenters. The summed E-state index contributed by atoms with van der Waals surface area (Å²) in [6, 6.07) is 32.6. The Morgan fingerprint density at radius 1 is 0.839 bits per heavy atom. The van der Waals surface area contributed by atoms with Crippen LogP contribution in [0.5, 0.6) is 0 Å². The fourth-order valence-corrected chi connectivity index (χ4v) is 5.48. The topological polar surface area (TPSA) is 43.1 Å². The SMILES string of the molecule is NC(=O)C[N+]1(CCC(c2ccccc2)c2ccccc2)CCCCC1c1ccccc1. The van der Waals surface area contributed by atoms with Gasteiger partial charge in [-0.1, -0.05) is 91.0 Å². The summed E-state index contributed by atoms with van der Waals surface area (Å²) in [5, 5.41) is 0. The molecule has 1 aliphatic heterocycles. The van der Waals surface area contributed by atoms with Crippen LogP contribution >= 0.6 is 0 Å². The molecule has 3 aromatic carbocycles. The van der Waals surface area contributed by atoms with E-state index in [2.05, 4.69) is 91.0 Å². The van der Waals surface area contributed by atoms with E-state index in [0.717, 1.165) is 36.8 Å².